The lowest BCUT2D eigenvalue weighted by Gasteiger charge is -2.41. The van der Waals surface area contributed by atoms with Crippen LogP contribution in [0.15, 0.2) is 79.0 Å². The van der Waals surface area contributed by atoms with Crippen LogP contribution in [0.2, 0.25) is 0 Å². The van der Waals surface area contributed by atoms with Crippen molar-refractivity contribution >= 4 is 21.9 Å². The fraction of sp³-hybridized carbons (Fsp3) is 0.357. The summed E-state index contributed by atoms with van der Waals surface area (Å²) in [4.78, 5) is 17.2. The average molecular weight is 538 g/mol. The number of rotatable bonds is 12. The standard InChI is InChI=1S/C28H35N5O4S/c1-37-25-12-6-5-11-24(25)27(34)31-21-28(22-9-3-2-4-10-22)16-14-23(15-17-28)33-38(35,36)32-20-19-30-26-13-7-8-18-29-26/h2-13,18,23,32-33H,14-17,19-21H2,1H3,(H,29,30)(H,31,34). The number of pyridine rings is 1. The van der Waals surface area contributed by atoms with E-state index in [-0.39, 0.29) is 23.9 Å². The van der Waals surface area contributed by atoms with Crippen LogP contribution in [0.25, 0.3) is 0 Å². The summed E-state index contributed by atoms with van der Waals surface area (Å²) in [7, 11) is -2.10. The maximum atomic E-state index is 13.0. The van der Waals surface area contributed by atoms with E-state index in [1.165, 1.54) is 0 Å². The Morgan fingerprint density at radius 1 is 0.974 bits per heavy atom. The minimum atomic E-state index is -3.65. The second-order valence-electron chi connectivity index (χ2n) is 9.46. The van der Waals surface area contributed by atoms with E-state index in [1.807, 2.05) is 48.5 Å². The Hall–Kier alpha value is -3.47. The topological polar surface area (TPSA) is 121 Å². The van der Waals surface area contributed by atoms with E-state index in [2.05, 4.69) is 37.2 Å². The minimum Gasteiger partial charge on any atom is -0.496 e. The summed E-state index contributed by atoms with van der Waals surface area (Å²) in [5.41, 5.74) is 1.34. The summed E-state index contributed by atoms with van der Waals surface area (Å²) < 4.78 is 36.0. The van der Waals surface area contributed by atoms with Gasteiger partial charge in [0, 0.05) is 37.3 Å². The summed E-state index contributed by atoms with van der Waals surface area (Å²) in [5, 5.41) is 6.20. The highest BCUT2D eigenvalue weighted by molar-refractivity contribution is 7.87. The molecule has 0 aliphatic heterocycles. The first-order valence-electron chi connectivity index (χ1n) is 12.8. The first kappa shape index (κ1) is 27.6. The fourth-order valence-corrected chi connectivity index (χ4v) is 6.06. The van der Waals surface area contributed by atoms with Gasteiger partial charge in [-0.15, -0.1) is 0 Å². The van der Waals surface area contributed by atoms with E-state index in [4.69, 9.17) is 4.74 Å². The molecule has 0 unspecified atom stereocenters. The van der Waals surface area contributed by atoms with Crippen molar-refractivity contribution < 1.29 is 17.9 Å². The van der Waals surface area contributed by atoms with Gasteiger partial charge in [0.1, 0.15) is 11.6 Å². The number of anilines is 1. The van der Waals surface area contributed by atoms with Crippen LogP contribution in [0.1, 0.15) is 41.6 Å². The summed E-state index contributed by atoms with van der Waals surface area (Å²) in [6.45, 7) is 1.11. The summed E-state index contributed by atoms with van der Waals surface area (Å²) >= 11 is 0. The van der Waals surface area contributed by atoms with Crippen LogP contribution in [0.5, 0.6) is 5.75 Å². The number of amides is 1. The molecule has 1 amide bonds. The summed E-state index contributed by atoms with van der Waals surface area (Å²) in [6.07, 6.45) is 4.46. The van der Waals surface area contributed by atoms with Crippen molar-refractivity contribution in [2.24, 2.45) is 0 Å². The highest BCUT2D eigenvalue weighted by Crippen LogP contribution is 2.39. The van der Waals surface area contributed by atoms with Crippen molar-refractivity contribution in [2.45, 2.75) is 37.1 Å². The molecule has 2 aromatic carbocycles. The monoisotopic (exact) mass is 537 g/mol. The van der Waals surface area contributed by atoms with Gasteiger partial charge in [-0.2, -0.15) is 13.1 Å². The SMILES string of the molecule is COc1ccccc1C(=O)NCC1(c2ccccc2)CCC(NS(=O)(=O)NCCNc2ccccn2)CC1. The van der Waals surface area contributed by atoms with Gasteiger partial charge in [0.15, 0.2) is 0 Å². The Bertz CT molecular complexity index is 1280. The van der Waals surface area contributed by atoms with Crippen LogP contribution < -0.4 is 24.8 Å². The first-order chi connectivity index (χ1) is 18.4. The molecule has 1 aromatic heterocycles. The minimum absolute atomic E-state index is 0.182. The highest BCUT2D eigenvalue weighted by atomic mass is 32.2. The molecule has 202 valence electrons. The number of nitrogens with zero attached hydrogens (tertiary/aromatic N) is 1. The Labute approximate surface area is 224 Å². The van der Waals surface area contributed by atoms with Gasteiger partial charge in [0.2, 0.25) is 0 Å². The Kier molecular flexibility index (Phi) is 9.33. The molecule has 0 radical (unpaired) electrons. The molecule has 0 atom stereocenters. The average Bonchev–Trinajstić information content (AvgIpc) is 2.96. The fourth-order valence-electron chi connectivity index (χ4n) is 4.93. The molecule has 1 aliphatic carbocycles. The maximum absolute atomic E-state index is 13.0. The lowest BCUT2D eigenvalue weighted by atomic mass is 9.68. The smallest absolute Gasteiger partial charge is 0.277 e. The van der Waals surface area contributed by atoms with Crippen LogP contribution in [0.3, 0.4) is 0 Å². The van der Waals surface area contributed by atoms with E-state index >= 15 is 0 Å². The van der Waals surface area contributed by atoms with Crippen LogP contribution in [-0.2, 0) is 15.6 Å². The molecule has 3 aromatic rings. The van der Waals surface area contributed by atoms with E-state index in [1.54, 1.807) is 25.4 Å². The van der Waals surface area contributed by atoms with Gasteiger partial charge < -0.3 is 15.4 Å². The lowest BCUT2D eigenvalue weighted by molar-refractivity contribution is 0.0932. The summed E-state index contributed by atoms with van der Waals surface area (Å²) in [5.74, 6) is 1.03. The number of carbonyl (C=O) groups excluding carboxylic acids is 1. The number of nitrogens with one attached hydrogen (secondary N) is 4. The molecule has 0 bridgehead atoms. The van der Waals surface area contributed by atoms with Gasteiger partial charge in [-0.3, -0.25) is 4.79 Å². The Balaban J connectivity index is 1.34. The number of hydrogen-bond donors (Lipinski definition) is 4. The van der Waals surface area contributed by atoms with Gasteiger partial charge >= 0.3 is 0 Å². The molecular weight excluding hydrogens is 502 g/mol. The van der Waals surface area contributed by atoms with E-state index < -0.39 is 10.2 Å². The maximum Gasteiger partial charge on any atom is 0.277 e. The number of benzene rings is 2. The third kappa shape index (κ3) is 7.31. The van der Waals surface area contributed by atoms with Gasteiger partial charge in [-0.1, -0.05) is 48.5 Å². The third-order valence-electron chi connectivity index (χ3n) is 6.98. The third-order valence-corrected chi connectivity index (χ3v) is 8.21. The van der Waals surface area contributed by atoms with Crippen LogP contribution in [0, 0.1) is 0 Å². The molecule has 9 nitrogen and oxygen atoms in total. The molecule has 0 saturated heterocycles. The number of ether oxygens (including phenoxy) is 1. The number of hydrogen-bond acceptors (Lipinski definition) is 6. The van der Waals surface area contributed by atoms with E-state index in [0.717, 1.165) is 18.4 Å². The quantitative estimate of drug-likeness (QED) is 0.263. The second kappa shape index (κ2) is 12.9. The van der Waals surface area contributed by atoms with Gasteiger partial charge in [0.05, 0.1) is 12.7 Å². The molecule has 4 N–H and O–H groups in total. The van der Waals surface area contributed by atoms with E-state index in [9.17, 15) is 13.2 Å². The molecule has 1 heterocycles. The number of para-hydroxylation sites is 1. The van der Waals surface area contributed by atoms with Crippen LogP contribution in [0.4, 0.5) is 5.82 Å². The Morgan fingerprint density at radius 3 is 2.39 bits per heavy atom. The molecular formula is C28H35N5O4S. The van der Waals surface area contributed by atoms with Gasteiger partial charge in [0.25, 0.3) is 16.1 Å². The van der Waals surface area contributed by atoms with Crippen molar-refractivity contribution in [1.29, 1.82) is 0 Å². The van der Waals surface area contributed by atoms with E-state index in [0.29, 0.717) is 43.1 Å². The van der Waals surface area contributed by atoms with Crippen molar-refractivity contribution in [3.05, 3.63) is 90.1 Å². The zero-order valence-corrected chi connectivity index (χ0v) is 22.3. The number of carbonyl (C=O) groups is 1. The Morgan fingerprint density at radius 2 is 1.68 bits per heavy atom. The zero-order chi connectivity index (χ0) is 26.8. The normalized spacial score (nSPS) is 19.4. The molecule has 38 heavy (non-hydrogen) atoms. The predicted octanol–water partition coefficient (Wildman–Crippen LogP) is 3.24. The molecule has 4 rings (SSSR count). The van der Waals surface area contributed by atoms with Gasteiger partial charge in [-0.05, 0) is 55.5 Å². The van der Waals surface area contributed by atoms with Gasteiger partial charge in [-0.25, -0.2) is 9.71 Å². The predicted molar refractivity (Wildman–Crippen MR) is 148 cm³/mol. The lowest BCUT2D eigenvalue weighted by Crippen LogP contribution is -2.49. The van der Waals surface area contributed by atoms with Crippen LogP contribution >= 0.6 is 0 Å². The van der Waals surface area contributed by atoms with Crippen molar-refractivity contribution in [1.82, 2.24) is 19.7 Å². The highest BCUT2D eigenvalue weighted by Gasteiger charge is 2.38. The molecule has 0 spiro atoms. The molecule has 10 heteroatoms. The zero-order valence-electron chi connectivity index (χ0n) is 21.5. The molecule has 1 fully saturated rings. The molecule has 1 saturated carbocycles. The largest absolute Gasteiger partial charge is 0.496 e. The van der Waals surface area contributed by atoms with Crippen molar-refractivity contribution in [3.63, 3.8) is 0 Å². The first-order valence-corrected chi connectivity index (χ1v) is 14.3. The number of aromatic nitrogens is 1. The number of methoxy groups -OCH3 is 1. The van der Waals surface area contributed by atoms with Crippen molar-refractivity contribution in [2.75, 3.05) is 32.1 Å². The summed E-state index contributed by atoms with van der Waals surface area (Å²) in [6, 6.07) is 22.6. The van der Waals surface area contributed by atoms with Crippen LogP contribution in [-0.4, -0.2) is 52.1 Å². The van der Waals surface area contributed by atoms with Crippen molar-refractivity contribution in [3.8, 4) is 5.75 Å². The molecule has 1 aliphatic rings. The second-order valence-corrected chi connectivity index (χ2v) is 11.0.